The summed E-state index contributed by atoms with van der Waals surface area (Å²) in [7, 11) is 0. The molecule has 1 heterocycles. The minimum absolute atomic E-state index is 0.0854. The molecule has 1 aromatic rings. The Morgan fingerprint density at radius 1 is 1.29 bits per heavy atom. The molecule has 6 heteroatoms. The van der Waals surface area contributed by atoms with Gasteiger partial charge < -0.3 is 16.4 Å². The fourth-order valence-corrected chi connectivity index (χ4v) is 2.72. The molecule has 0 spiro atoms. The normalized spacial score (nSPS) is 16.5. The highest BCUT2D eigenvalue weighted by Gasteiger charge is 2.21. The van der Waals surface area contributed by atoms with E-state index in [2.05, 4.69) is 18.7 Å². The fraction of sp³-hybridized carbons (Fsp3) is 0.533. The Morgan fingerprint density at radius 2 is 1.90 bits per heavy atom. The van der Waals surface area contributed by atoms with E-state index in [1.807, 2.05) is 4.90 Å². The summed E-state index contributed by atoms with van der Waals surface area (Å²) in [6.45, 7) is 8.64. The lowest BCUT2D eigenvalue weighted by Gasteiger charge is -2.37. The van der Waals surface area contributed by atoms with Crippen molar-refractivity contribution < 1.29 is 9.18 Å². The molecule has 21 heavy (non-hydrogen) atoms. The lowest BCUT2D eigenvalue weighted by atomic mass is 10.1. The Morgan fingerprint density at radius 3 is 2.43 bits per heavy atom. The molecule has 2 rings (SSSR count). The lowest BCUT2D eigenvalue weighted by molar-refractivity contribution is 0.100. The number of rotatable bonds is 4. The van der Waals surface area contributed by atoms with Gasteiger partial charge in [0.05, 0.1) is 11.3 Å². The van der Waals surface area contributed by atoms with Gasteiger partial charge in [-0.05, 0) is 18.1 Å². The lowest BCUT2D eigenvalue weighted by Crippen LogP contribution is -2.47. The van der Waals surface area contributed by atoms with E-state index in [9.17, 15) is 9.18 Å². The van der Waals surface area contributed by atoms with Crippen molar-refractivity contribution in [2.45, 2.75) is 13.8 Å². The van der Waals surface area contributed by atoms with Gasteiger partial charge in [0.1, 0.15) is 5.82 Å². The predicted molar refractivity (Wildman–Crippen MR) is 82.8 cm³/mol. The summed E-state index contributed by atoms with van der Waals surface area (Å²) in [6, 6.07) is 2.64. The van der Waals surface area contributed by atoms with E-state index in [0.29, 0.717) is 11.6 Å². The molecule has 1 aliphatic heterocycles. The number of halogens is 1. The van der Waals surface area contributed by atoms with E-state index in [1.54, 1.807) is 0 Å². The zero-order chi connectivity index (χ0) is 15.6. The minimum Gasteiger partial charge on any atom is -0.398 e. The van der Waals surface area contributed by atoms with Gasteiger partial charge in [-0.3, -0.25) is 9.69 Å². The maximum Gasteiger partial charge on any atom is 0.250 e. The first kappa shape index (κ1) is 15.6. The molecular formula is C15H23FN4O. The quantitative estimate of drug-likeness (QED) is 0.820. The summed E-state index contributed by atoms with van der Waals surface area (Å²) in [5.41, 5.74) is 11.6. The molecule has 0 aliphatic carbocycles. The molecule has 0 bridgehead atoms. The van der Waals surface area contributed by atoms with Gasteiger partial charge in [0.25, 0.3) is 5.91 Å². The SMILES string of the molecule is CC(C)CN1CCN(c2cc(C(N)=O)c(N)cc2F)CC1. The second-order valence-corrected chi connectivity index (χ2v) is 5.94. The van der Waals surface area contributed by atoms with Crippen LogP contribution in [0.2, 0.25) is 0 Å². The van der Waals surface area contributed by atoms with Crippen LogP contribution in [0.4, 0.5) is 15.8 Å². The second kappa shape index (κ2) is 6.30. The molecule has 1 amide bonds. The number of carbonyl (C=O) groups is 1. The number of hydrogen-bond donors (Lipinski definition) is 2. The molecule has 0 saturated carbocycles. The van der Waals surface area contributed by atoms with Crippen LogP contribution in [0, 0.1) is 11.7 Å². The Hall–Kier alpha value is -1.82. The van der Waals surface area contributed by atoms with Gasteiger partial charge in [-0.15, -0.1) is 0 Å². The molecule has 5 nitrogen and oxygen atoms in total. The summed E-state index contributed by atoms with van der Waals surface area (Å²) < 4.78 is 14.1. The number of piperazine rings is 1. The van der Waals surface area contributed by atoms with Crippen LogP contribution in [0.1, 0.15) is 24.2 Å². The summed E-state index contributed by atoms with van der Waals surface area (Å²) in [6.07, 6.45) is 0. The third-order valence-corrected chi connectivity index (χ3v) is 3.72. The van der Waals surface area contributed by atoms with Crippen LogP contribution < -0.4 is 16.4 Å². The number of hydrogen-bond acceptors (Lipinski definition) is 4. The highest BCUT2D eigenvalue weighted by atomic mass is 19.1. The average molecular weight is 294 g/mol. The smallest absolute Gasteiger partial charge is 0.250 e. The summed E-state index contributed by atoms with van der Waals surface area (Å²) in [5.74, 6) is -0.423. The number of nitrogen functional groups attached to an aromatic ring is 1. The van der Waals surface area contributed by atoms with Gasteiger partial charge in [-0.1, -0.05) is 13.8 Å². The summed E-state index contributed by atoms with van der Waals surface area (Å²) >= 11 is 0. The van der Waals surface area contributed by atoms with Crippen molar-refractivity contribution >= 4 is 17.3 Å². The van der Waals surface area contributed by atoms with E-state index < -0.39 is 11.7 Å². The first-order valence-electron chi connectivity index (χ1n) is 7.24. The second-order valence-electron chi connectivity index (χ2n) is 5.94. The maximum absolute atomic E-state index is 14.1. The predicted octanol–water partition coefficient (Wildman–Crippen LogP) is 1.28. The van der Waals surface area contributed by atoms with E-state index >= 15 is 0 Å². The molecule has 1 aromatic carbocycles. The Labute approximate surface area is 124 Å². The molecule has 1 aliphatic rings. The number of anilines is 2. The third kappa shape index (κ3) is 3.64. The highest BCUT2D eigenvalue weighted by Crippen LogP contribution is 2.26. The van der Waals surface area contributed by atoms with Gasteiger partial charge in [-0.25, -0.2) is 4.39 Å². The zero-order valence-corrected chi connectivity index (χ0v) is 12.6. The number of amides is 1. The Kier molecular flexibility index (Phi) is 4.67. The van der Waals surface area contributed by atoms with Crippen molar-refractivity contribution in [2.75, 3.05) is 43.4 Å². The average Bonchev–Trinajstić information content (AvgIpc) is 2.39. The van der Waals surface area contributed by atoms with Crippen LogP contribution >= 0.6 is 0 Å². The van der Waals surface area contributed by atoms with E-state index in [0.717, 1.165) is 32.7 Å². The highest BCUT2D eigenvalue weighted by molar-refractivity contribution is 5.99. The van der Waals surface area contributed by atoms with Crippen LogP contribution in [0.15, 0.2) is 12.1 Å². The molecule has 0 atom stereocenters. The Balaban J connectivity index is 2.13. The molecule has 0 aromatic heterocycles. The van der Waals surface area contributed by atoms with Crippen molar-refractivity contribution in [2.24, 2.45) is 11.7 Å². The first-order chi connectivity index (χ1) is 9.88. The topological polar surface area (TPSA) is 75.6 Å². The van der Waals surface area contributed by atoms with E-state index in [-0.39, 0.29) is 11.3 Å². The maximum atomic E-state index is 14.1. The fourth-order valence-electron chi connectivity index (χ4n) is 2.72. The molecule has 1 saturated heterocycles. The van der Waals surface area contributed by atoms with E-state index in [1.165, 1.54) is 12.1 Å². The number of nitrogens with two attached hydrogens (primary N) is 2. The van der Waals surface area contributed by atoms with Crippen LogP contribution in [-0.4, -0.2) is 43.5 Å². The molecule has 0 radical (unpaired) electrons. The number of benzene rings is 1. The molecule has 1 fully saturated rings. The summed E-state index contributed by atoms with van der Waals surface area (Å²) in [4.78, 5) is 15.6. The van der Waals surface area contributed by atoms with E-state index in [4.69, 9.17) is 11.5 Å². The van der Waals surface area contributed by atoms with Crippen molar-refractivity contribution in [3.63, 3.8) is 0 Å². The number of primary amides is 1. The largest absolute Gasteiger partial charge is 0.398 e. The van der Waals surface area contributed by atoms with Crippen LogP contribution in [0.3, 0.4) is 0 Å². The standard InChI is InChI=1S/C15H23FN4O/c1-10(2)9-19-3-5-20(6-4-19)14-7-11(15(18)21)13(17)8-12(14)16/h7-8,10H,3-6,9,17H2,1-2H3,(H2,18,21). The van der Waals surface area contributed by atoms with Gasteiger partial charge in [0.2, 0.25) is 0 Å². The Bertz CT molecular complexity index is 525. The number of nitrogens with zero attached hydrogens (tertiary/aromatic N) is 2. The van der Waals surface area contributed by atoms with Crippen molar-refractivity contribution in [3.8, 4) is 0 Å². The van der Waals surface area contributed by atoms with Gasteiger partial charge in [0, 0.05) is 38.4 Å². The van der Waals surface area contributed by atoms with Crippen LogP contribution in [0.25, 0.3) is 0 Å². The molecular weight excluding hydrogens is 271 g/mol. The van der Waals surface area contributed by atoms with Crippen LogP contribution in [0.5, 0.6) is 0 Å². The molecule has 0 unspecified atom stereocenters. The van der Waals surface area contributed by atoms with Gasteiger partial charge in [-0.2, -0.15) is 0 Å². The zero-order valence-electron chi connectivity index (χ0n) is 12.6. The monoisotopic (exact) mass is 294 g/mol. The van der Waals surface area contributed by atoms with Crippen LogP contribution in [-0.2, 0) is 0 Å². The minimum atomic E-state index is -0.632. The first-order valence-corrected chi connectivity index (χ1v) is 7.24. The third-order valence-electron chi connectivity index (χ3n) is 3.72. The van der Waals surface area contributed by atoms with Gasteiger partial charge in [0.15, 0.2) is 0 Å². The number of carbonyl (C=O) groups excluding carboxylic acids is 1. The summed E-state index contributed by atoms with van der Waals surface area (Å²) in [5, 5.41) is 0. The van der Waals surface area contributed by atoms with Crippen molar-refractivity contribution in [1.29, 1.82) is 0 Å². The van der Waals surface area contributed by atoms with Crippen molar-refractivity contribution in [3.05, 3.63) is 23.5 Å². The van der Waals surface area contributed by atoms with Gasteiger partial charge >= 0.3 is 0 Å². The van der Waals surface area contributed by atoms with Crippen molar-refractivity contribution in [1.82, 2.24) is 4.90 Å². The molecule has 4 N–H and O–H groups in total. The molecule has 116 valence electrons.